The Kier molecular flexibility index (Phi) is 12.7. The molecule has 2 aliphatic heterocycles. The van der Waals surface area contributed by atoms with Crippen molar-refractivity contribution < 1.29 is 76.6 Å². The molecule has 54 heavy (non-hydrogen) atoms. The van der Waals surface area contributed by atoms with E-state index in [9.17, 15) is 38.7 Å². The number of epoxide rings is 1. The molecule has 2 aliphatic carbocycles. The quantitative estimate of drug-likeness (QED) is 0.182. The van der Waals surface area contributed by atoms with Crippen molar-refractivity contribution in [1.29, 1.82) is 0 Å². The Balaban J connectivity index is 2.15. The summed E-state index contributed by atoms with van der Waals surface area (Å²) >= 11 is 0. The molecule has 300 valence electrons. The number of carbonyl (C=O) groups excluding carboxylic acids is 7. The summed E-state index contributed by atoms with van der Waals surface area (Å²) in [5.74, 6) is -8.81. The third kappa shape index (κ3) is 8.49. The van der Waals surface area contributed by atoms with Crippen molar-refractivity contribution >= 4 is 41.8 Å². The molecule has 16 heteroatoms. The first kappa shape index (κ1) is 42.4. The summed E-state index contributed by atoms with van der Waals surface area (Å²) in [5, 5.41) is 13.0. The van der Waals surface area contributed by atoms with E-state index in [0.717, 1.165) is 20.8 Å². The number of fused-ring (bicyclic) bond motifs is 3. The maximum absolute atomic E-state index is 13.5. The fraction of sp³-hybridized carbons (Fsp3) is 0.711. The van der Waals surface area contributed by atoms with Gasteiger partial charge in [0.25, 0.3) is 0 Å². The molecule has 2 heterocycles. The number of carbonyl (C=O) groups is 7. The fourth-order valence-electron chi connectivity index (χ4n) is 7.97. The van der Waals surface area contributed by atoms with Gasteiger partial charge < -0.3 is 43.0 Å². The number of hydrogen-bond donors (Lipinski definition) is 1. The van der Waals surface area contributed by atoms with Gasteiger partial charge in [0.15, 0.2) is 30.0 Å². The third-order valence-corrected chi connectivity index (χ3v) is 10.3. The molecule has 0 aromatic rings. The first-order valence-electron chi connectivity index (χ1n) is 18.1. The highest BCUT2D eigenvalue weighted by molar-refractivity contribution is 5.78. The van der Waals surface area contributed by atoms with Crippen molar-refractivity contribution in [1.82, 2.24) is 0 Å². The molecule has 0 radical (unpaired) electrons. The summed E-state index contributed by atoms with van der Waals surface area (Å²) in [6.07, 6.45) is -5.66. The van der Waals surface area contributed by atoms with Gasteiger partial charge in [0.05, 0.1) is 17.9 Å². The molecule has 1 spiro atoms. The Morgan fingerprint density at radius 3 is 1.85 bits per heavy atom. The second kappa shape index (κ2) is 16.2. The van der Waals surface area contributed by atoms with E-state index in [2.05, 4.69) is 0 Å². The van der Waals surface area contributed by atoms with Gasteiger partial charge in [-0.15, -0.1) is 0 Å². The Morgan fingerprint density at radius 1 is 0.815 bits per heavy atom. The molecule has 1 unspecified atom stereocenters. The summed E-state index contributed by atoms with van der Waals surface area (Å²) in [5.41, 5.74) is -5.93. The van der Waals surface area contributed by atoms with Crippen LogP contribution in [0.1, 0.15) is 82.1 Å². The summed E-state index contributed by atoms with van der Waals surface area (Å²) in [6, 6.07) is 0. The summed E-state index contributed by atoms with van der Waals surface area (Å²) in [6.45, 7) is 13.9. The van der Waals surface area contributed by atoms with Crippen LogP contribution in [0.5, 0.6) is 0 Å². The van der Waals surface area contributed by atoms with Crippen LogP contribution in [0.15, 0.2) is 23.8 Å². The largest absolute Gasteiger partial charge is 0.461 e. The predicted octanol–water partition coefficient (Wildman–Crippen LogP) is 2.45. The van der Waals surface area contributed by atoms with Gasteiger partial charge in [0, 0.05) is 46.5 Å². The average molecular weight is 765 g/mol. The van der Waals surface area contributed by atoms with Crippen molar-refractivity contribution in [3.05, 3.63) is 23.8 Å². The van der Waals surface area contributed by atoms with Gasteiger partial charge in [0.1, 0.15) is 24.4 Å². The molecular formula is C38H52O16. The Morgan fingerprint density at radius 2 is 1.35 bits per heavy atom. The Bertz CT molecular complexity index is 1570. The van der Waals surface area contributed by atoms with Gasteiger partial charge in [-0.05, 0) is 36.5 Å². The molecule has 4 aliphatic rings. The zero-order valence-corrected chi connectivity index (χ0v) is 32.4. The topological polar surface area (TPSA) is 217 Å². The number of hydrogen-bond acceptors (Lipinski definition) is 16. The molecule has 0 aromatic heterocycles. The highest BCUT2D eigenvalue weighted by Gasteiger charge is 2.81. The zero-order chi connectivity index (χ0) is 40.5. The predicted molar refractivity (Wildman–Crippen MR) is 183 cm³/mol. The van der Waals surface area contributed by atoms with E-state index in [1.807, 2.05) is 0 Å². The van der Waals surface area contributed by atoms with E-state index < -0.39 is 107 Å². The lowest BCUT2D eigenvalue weighted by atomic mass is 9.51. The van der Waals surface area contributed by atoms with E-state index in [0.29, 0.717) is 0 Å². The van der Waals surface area contributed by atoms with Crippen LogP contribution in [0.25, 0.3) is 0 Å². The number of aliphatic hydroxyl groups is 1. The van der Waals surface area contributed by atoms with E-state index in [1.54, 1.807) is 27.7 Å². The Labute approximate surface area is 314 Å². The molecule has 11 atom stereocenters. The summed E-state index contributed by atoms with van der Waals surface area (Å²) in [4.78, 5) is 91.6. The molecular weight excluding hydrogens is 712 g/mol. The van der Waals surface area contributed by atoms with Crippen molar-refractivity contribution in [2.75, 3.05) is 13.2 Å². The van der Waals surface area contributed by atoms with Crippen LogP contribution in [-0.2, 0) is 71.5 Å². The van der Waals surface area contributed by atoms with Crippen LogP contribution in [0.4, 0.5) is 0 Å². The number of esters is 7. The van der Waals surface area contributed by atoms with Crippen molar-refractivity contribution in [2.45, 2.75) is 130 Å². The minimum atomic E-state index is -2.44. The van der Waals surface area contributed by atoms with E-state index >= 15 is 0 Å². The lowest BCUT2D eigenvalue weighted by Crippen LogP contribution is -2.76. The van der Waals surface area contributed by atoms with Crippen molar-refractivity contribution in [3.63, 3.8) is 0 Å². The van der Waals surface area contributed by atoms with Gasteiger partial charge in [-0.3, -0.25) is 33.6 Å². The van der Waals surface area contributed by atoms with Gasteiger partial charge in [-0.2, -0.15) is 0 Å². The first-order valence-corrected chi connectivity index (χ1v) is 18.1. The minimum Gasteiger partial charge on any atom is -0.461 e. The SMILES string of the molecule is CC(=O)OCC1=C/[C@H]2OC(=O)[C@H](C)[C@]2(O)C(OC(C)=O)[C@H]2[C@@]3(CO3)[C@H](OC(=O)CC(C)C)[C@H](OC(=O)CC(C)C)[C@H](OC(C)=O)[C@]2(C)[C@@H](OC(C)=O)\C=C\1. The molecule has 4 rings (SSSR count). The van der Waals surface area contributed by atoms with Crippen molar-refractivity contribution in [3.8, 4) is 0 Å². The molecule has 0 bridgehead atoms. The van der Waals surface area contributed by atoms with Gasteiger partial charge >= 0.3 is 41.8 Å². The maximum atomic E-state index is 13.5. The van der Waals surface area contributed by atoms with Crippen LogP contribution in [-0.4, -0.2) is 108 Å². The fourth-order valence-corrected chi connectivity index (χ4v) is 7.97. The standard InChI is InChI=1S/C38H52O16/c1-18(2)13-28(43)53-30-32(50-23(8)41)36(10)26(49-22(7)40)12-11-25(16-47-21(6)39)15-27-38(46,20(5)35(45)52-27)34(51-24(9)42)31(36)37(17-48-37)33(30)54-29(44)14-19(3)4/h11-12,15,18-20,26-27,30-34,46H,13-14,16-17H2,1-10H3/b12-11+,25-15+/t20-,26-,27+,30+,31+,32-,33+,34?,36+,37-,38+/m0/s1. The summed E-state index contributed by atoms with van der Waals surface area (Å²) in [7, 11) is 0. The van der Waals surface area contributed by atoms with Gasteiger partial charge in [0.2, 0.25) is 0 Å². The normalized spacial score (nSPS) is 37.1. The van der Waals surface area contributed by atoms with Crippen molar-refractivity contribution in [2.24, 2.45) is 29.1 Å². The Hall–Kier alpha value is -4.31. The van der Waals surface area contributed by atoms with E-state index in [-0.39, 0.29) is 43.5 Å². The molecule has 0 aromatic carbocycles. The zero-order valence-electron chi connectivity index (χ0n) is 32.4. The number of rotatable bonds is 11. The molecule has 0 amide bonds. The second-order valence-corrected chi connectivity index (χ2v) is 15.6. The smallest absolute Gasteiger partial charge is 0.312 e. The van der Waals surface area contributed by atoms with Gasteiger partial charge in [-0.25, -0.2) is 0 Å². The van der Waals surface area contributed by atoms with E-state index in [4.69, 9.17) is 37.9 Å². The molecule has 1 saturated carbocycles. The van der Waals surface area contributed by atoms with Crippen LogP contribution in [0.2, 0.25) is 0 Å². The molecule has 2 saturated heterocycles. The average Bonchev–Trinajstić information content (AvgIpc) is 3.78. The molecule has 1 N–H and O–H groups in total. The van der Waals surface area contributed by atoms with Crippen LogP contribution in [0.3, 0.4) is 0 Å². The highest BCUT2D eigenvalue weighted by atomic mass is 16.7. The lowest BCUT2D eigenvalue weighted by molar-refractivity contribution is -0.280. The summed E-state index contributed by atoms with van der Waals surface area (Å²) < 4.78 is 47.4. The molecule has 16 nitrogen and oxygen atoms in total. The van der Waals surface area contributed by atoms with Crippen LogP contribution < -0.4 is 0 Å². The third-order valence-electron chi connectivity index (χ3n) is 10.3. The second-order valence-electron chi connectivity index (χ2n) is 15.6. The van der Waals surface area contributed by atoms with Crippen LogP contribution >= 0.6 is 0 Å². The lowest BCUT2D eigenvalue weighted by Gasteiger charge is -2.59. The number of ether oxygens (including phenoxy) is 8. The molecule has 3 fully saturated rings. The monoisotopic (exact) mass is 764 g/mol. The van der Waals surface area contributed by atoms with E-state index in [1.165, 1.54) is 39.0 Å². The first-order chi connectivity index (χ1) is 25.1. The maximum Gasteiger partial charge on any atom is 0.312 e. The van der Waals surface area contributed by atoms with Crippen LogP contribution in [0, 0.1) is 29.1 Å². The highest BCUT2D eigenvalue weighted by Crippen LogP contribution is 2.63. The minimum absolute atomic E-state index is 0.0765. The van der Waals surface area contributed by atoms with Gasteiger partial charge in [-0.1, -0.05) is 40.7 Å².